The van der Waals surface area contributed by atoms with E-state index in [0.717, 1.165) is 25.8 Å². The SMILES string of the molecule is CC(=O)OC1(C(C)CN2CCCC2)CCCCC1c1ccccc1.O=S(=O)(O)O.O=S(=O)(O)O. The fraction of sp³-hybridized carbons (Fsp3) is 0.667. The van der Waals surface area contributed by atoms with Crippen LogP contribution in [0.25, 0.3) is 0 Å². The van der Waals surface area contributed by atoms with Crippen LogP contribution >= 0.6 is 0 Å². The third kappa shape index (κ3) is 12.2. The maximum Gasteiger partial charge on any atom is 0.394 e. The lowest BCUT2D eigenvalue weighted by molar-refractivity contribution is -0.172. The van der Waals surface area contributed by atoms with Crippen molar-refractivity contribution in [2.24, 2.45) is 5.92 Å². The molecule has 3 unspecified atom stereocenters. The van der Waals surface area contributed by atoms with Crippen molar-refractivity contribution in [2.45, 2.75) is 63.9 Å². The van der Waals surface area contributed by atoms with Crippen LogP contribution < -0.4 is 0 Å². The Kier molecular flexibility index (Phi) is 12.1. The van der Waals surface area contributed by atoms with Gasteiger partial charge >= 0.3 is 26.8 Å². The highest BCUT2D eigenvalue weighted by Crippen LogP contribution is 2.48. The molecule has 3 atom stereocenters. The summed E-state index contributed by atoms with van der Waals surface area (Å²) in [5, 5.41) is 0. The van der Waals surface area contributed by atoms with Crippen LogP contribution in [0, 0.1) is 5.92 Å². The molecule has 0 radical (unpaired) electrons. The summed E-state index contributed by atoms with van der Waals surface area (Å²) < 4.78 is 69.3. The summed E-state index contributed by atoms with van der Waals surface area (Å²) >= 11 is 0. The molecule has 1 aromatic carbocycles. The monoisotopic (exact) mass is 525 g/mol. The minimum atomic E-state index is -4.67. The predicted molar refractivity (Wildman–Crippen MR) is 125 cm³/mol. The van der Waals surface area contributed by atoms with Crippen LogP contribution in [-0.2, 0) is 30.3 Å². The number of carbonyl (C=O) groups excluding carboxylic acids is 1. The molecule has 0 bridgehead atoms. The fourth-order valence-electron chi connectivity index (χ4n) is 4.89. The predicted octanol–water partition coefficient (Wildman–Crippen LogP) is 3.07. The molecule has 3 rings (SSSR count). The molecule has 196 valence electrons. The summed E-state index contributed by atoms with van der Waals surface area (Å²) in [6.45, 7) is 7.28. The summed E-state index contributed by atoms with van der Waals surface area (Å²) in [6, 6.07) is 10.7. The molecule has 1 heterocycles. The topological polar surface area (TPSA) is 179 Å². The molecule has 1 saturated carbocycles. The lowest BCUT2D eigenvalue weighted by Gasteiger charge is -2.48. The van der Waals surface area contributed by atoms with Crippen molar-refractivity contribution < 1.29 is 44.6 Å². The van der Waals surface area contributed by atoms with Gasteiger partial charge in [0.05, 0.1) is 0 Å². The highest BCUT2D eigenvalue weighted by Gasteiger charge is 2.48. The average molecular weight is 526 g/mol. The number of esters is 1. The zero-order valence-corrected chi connectivity index (χ0v) is 21.0. The lowest BCUT2D eigenvalue weighted by atomic mass is 9.66. The largest absolute Gasteiger partial charge is 0.458 e. The standard InChI is InChI=1S/C21H31NO2.2H2O4S/c1-17(16-22-14-8-9-15-22)21(24-18(2)23)13-7-6-12-20(21)19-10-4-3-5-11-19;2*1-5(2,3)4/h3-5,10-11,17,20H,6-9,12-16H2,1-2H3;2*(H2,1,2,3,4). The summed E-state index contributed by atoms with van der Waals surface area (Å²) in [4.78, 5) is 14.5. The van der Waals surface area contributed by atoms with Crippen molar-refractivity contribution in [2.75, 3.05) is 19.6 Å². The van der Waals surface area contributed by atoms with Crippen molar-refractivity contribution in [3.8, 4) is 0 Å². The van der Waals surface area contributed by atoms with E-state index >= 15 is 0 Å². The maximum atomic E-state index is 12.0. The quantitative estimate of drug-likeness (QED) is 0.328. The van der Waals surface area contributed by atoms with Crippen molar-refractivity contribution in [1.29, 1.82) is 0 Å². The van der Waals surface area contributed by atoms with Gasteiger partial charge in [0, 0.05) is 25.3 Å². The molecule has 1 saturated heterocycles. The highest BCUT2D eigenvalue weighted by atomic mass is 32.3. The van der Waals surface area contributed by atoms with Crippen molar-refractivity contribution in [1.82, 2.24) is 4.90 Å². The van der Waals surface area contributed by atoms with Gasteiger partial charge in [-0.1, -0.05) is 43.7 Å². The molecule has 2 fully saturated rings. The number of nitrogens with zero attached hydrogens (tertiary/aromatic N) is 1. The van der Waals surface area contributed by atoms with Crippen LogP contribution in [0.3, 0.4) is 0 Å². The molecule has 0 amide bonds. The Morgan fingerprint density at radius 1 is 1.00 bits per heavy atom. The van der Waals surface area contributed by atoms with Gasteiger partial charge in [0.25, 0.3) is 0 Å². The normalized spacial score (nSPS) is 24.1. The number of likely N-dealkylation sites (tertiary alicyclic amines) is 1. The van der Waals surface area contributed by atoms with Gasteiger partial charge in [-0.25, -0.2) is 0 Å². The Morgan fingerprint density at radius 3 is 1.97 bits per heavy atom. The number of carbonyl (C=O) groups is 1. The van der Waals surface area contributed by atoms with Gasteiger partial charge in [-0.2, -0.15) is 16.8 Å². The van der Waals surface area contributed by atoms with Crippen molar-refractivity contribution in [3.63, 3.8) is 0 Å². The van der Waals surface area contributed by atoms with E-state index < -0.39 is 20.8 Å². The lowest BCUT2D eigenvalue weighted by Crippen LogP contribution is -2.51. The van der Waals surface area contributed by atoms with Gasteiger partial charge in [0.1, 0.15) is 5.60 Å². The number of ether oxygens (including phenoxy) is 1. The summed E-state index contributed by atoms with van der Waals surface area (Å²) in [6.07, 6.45) is 7.08. The number of benzene rings is 1. The van der Waals surface area contributed by atoms with Crippen LogP contribution in [0.4, 0.5) is 0 Å². The van der Waals surface area contributed by atoms with E-state index in [4.69, 9.17) is 39.8 Å². The second kappa shape index (κ2) is 13.5. The van der Waals surface area contributed by atoms with E-state index in [1.54, 1.807) is 6.92 Å². The van der Waals surface area contributed by atoms with Crippen LogP contribution in [0.5, 0.6) is 0 Å². The molecule has 13 heteroatoms. The molecule has 4 N–H and O–H groups in total. The second-order valence-corrected chi connectivity index (χ2v) is 10.4. The van der Waals surface area contributed by atoms with Crippen LogP contribution in [0.1, 0.15) is 63.9 Å². The van der Waals surface area contributed by atoms with E-state index in [2.05, 4.69) is 42.2 Å². The fourth-order valence-corrected chi connectivity index (χ4v) is 4.89. The Morgan fingerprint density at radius 2 is 1.50 bits per heavy atom. The third-order valence-electron chi connectivity index (χ3n) is 6.00. The first-order chi connectivity index (χ1) is 15.6. The molecule has 11 nitrogen and oxygen atoms in total. The molecule has 1 aromatic rings. The van der Waals surface area contributed by atoms with Gasteiger partial charge in [-0.3, -0.25) is 23.0 Å². The molecular weight excluding hydrogens is 490 g/mol. The Labute approximate surface area is 201 Å². The average Bonchev–Trinajstić information content (AvgIpc) is 3.19. The highest BCUT2D eigenvalue weighted by molar-refractivity contribution is 7.80. The summed E-state index contributed by atoms with van der Waals surface area (Å²) in [7, 11) is -9.33. The molecule has 0 aromatic heterocycles. The Hall–Kier alpha value is -1.61. The first-order valence-electron chi connectivity index (χ1n) is 11.0. The smallest absolute Gasteiger partial charge is 0.394 e. The van der Waals surface area contributed by atoms with Crippen LogP contribution in [0.15, 0.2) is 30.3 Å². The summed E-state index contributed by atoms with van der Waals surface area (Å²) in [5.74, 6) is 0.532. The first kappa shape index (κ1) is 30.4. The molecule has 1 aliphatic carbocycles. The third-order valence-corrected chi connectivity index (χ3v) is 6.00. The number of hydrogen-bond acceptors (Lipinski definition) is 7. The van der Waals surface area contributed by atoms with E-state index in [9.17, 15) is 4.79 Å². The van der Waals surface area contributed by atoms with Gasteiger partial charge in [0.2, 0.25) is 0 Å². The number of rotatable bonds is 5. The maximum absolute atomic E-state index is 12.0. The minimum Gasteiger partial charge on any atom is -0.458 e. The Bertz CT molecular complexity index is 917. The zero-order chi connectivity index (χ0) is 26.0. The molecule has 34 heavy (non-hydrogen) atoms. The van der Waals surface area contributed by atoms with E-state index in [1.165, 1.54) is 37.9 Å². The second-order valence-electron chi connectivity index (χ2n) is 8.56. The Balaban J connectivity index is 0.000000489. The van der Waals surface area contributed by atoms with Crippen LogP contribution in [-0.4, -0.2) is 71.2 Å². The minimum absolute atomic E-state index is 0.133. The first-order valence-corrected chi connectivity index (χ1v) is 13.8. The summed E-state index contributed by atoms with van der Waals surface area (Å²) in [5.41, 5.74) is 0.973. The van der Waals surface area contributed by atoms with Crippen molar-refractivity contribution in [3.05, 3.63) is 35.9 Å². The van der Waals surface area contributed by atoms with Gasteiger partial charge < -0.3 is 9.64 Å². The number of hydrogen-bond donors (Lipinski definition) is 4. The molecule has 2 aliphatic rings. The van der Waals surface area contributed by atoms with E-state index in [-0.39, 0.29) is 11.6 Å². The van der Waals surface area contributed by atoms with Crippen molar-refractivity contribution >= 4 is 26.8 Å². The van der Waals surface area contributed by atoms with Crippen LogP contribution in [0.2, 0.25) is 0 Å². The van der Waals surface area contributed by atoms with Gasteiger partial charge in [-0.05, 0) is 50.8 Å². The van der Waals surface area contributed by atoms with Gasteiger partial charge in [-0.15, -0.1) is 0 Å². The van der Waals surface area contributed by atoms with E-state index in [0.29, 0.717) is 11.8 Å². The zero-order valence-electron chi connectivity index (χ0n) is 19.4. The molecule has 0 spiro atoms. The molecule has 1 aliphatic heterocycles. The van der Waals surface area contributed by atoms with E-state index in [1.807, 2.05) is 0 Å². The molecular formula is C21H35NO10S2. The van der Waals surface area contributed by atoms with Gasteiger partial charge in [0.15, 0.2) is 0 Å².